The van der Waals surface area contributed by atoms with Gasteiger partial charge in [0, 0.05) is 18.2 Å². The van der Waals surface area contributed by atoms with Crippen LogP contribution in [0.3, 0.4) is 0 Å². The highest BCUT2D eigenvalue weighted by atomic mass is 16.6. The van der Waals surface area contributed by atoms with Gasteiger partial charge in [-0.1, -0.05) is 6.07 Å². The molecule has 8 heteroatoms. The van der Waals surface area contributed by atoms with E-state index >= 15 is 0 Å². The van der Waals surface area contributed by atoms with Crippen LogP contribution in [0.15, 0.2) is 42.6 Å². The Morgan fingerprint density at radius 3 is 2.68 bits per heavy atom. The van der Waals surface area contributed by atoms with Crippen molar-refractivity contribution in [3.8, 4) is 17.4 Å². The zero-order chi connectivity index (χ0) is 18.2. The lowest BCUT2D eigenvalue weighted by molar-refractivity contribution is -0.385. The normalized spacial score (nSPS) is 10.5. The SMILES string of the molecule is CCOC(=O)C=Cc1ccc(Oc2ccc([N+](=O)[O-])cn2)c(OC)c1. The molecule has 0 bridgehead atoms. The molecule has 0 N–H and O–H groups in total. The standard InChI is InChI=1S/C17H16N2O6/c1-3-24-17(20)9-5-12-4-7-14(15(10-12)23-2)25-16-8-6-13(11-18-16)19(21)22/h4-11H,3H2,1-2H3. The van der Waals surface area contributed by atoms with Gasteiger partial charge in [0.25, 0.3) is 5.69 Å². The van der Waals surface area contributed by atoms with Gasteiger partial charge in [-0.3, -0.25) is 10.1 Å². The summed E-state index contributed by atoms with van der Waals surface area (Å²) in [5.74, 6) is 0.568. The van der Waals surface area contributed by atoms with Gasteiger partial charge in [0.05, 0.1) is 18.6 Å². The van der Waals surface area contributed by atoms with Crippen LogP contribution >= 0.6 is 0 Å². The first-order chi connectivity index (χ1) is 12.0. The van der Waals surface area contributed by atoms with Gasteiger partial charge in [-0.15, -0.1) is 0 Å². The molecule has 0 aliphatic heterocycles. The predicted molar refractivity (Wildman–Crippen MR) is 89.6 cm³/mol. The monoisotopic (exact) mass is 344 g/mol. The van der Waals surface area contributed by atoms with Crippen molar-refractivity contribution in [1.29, 1.82) is 0 Å². The minimum atomic E-state index is -0.540. The van der Waals surface area contributed by atoms with E-state index in [1.165, 1.54) is 25.3 Å². The van der Waals surface area contributed by atoms with Crippen molar-refractivity contribution < 1.29 is 23.9 Å². The number of esters is 1. The lowest BCUT2D eigenvalue weighted by Gasteiger charge is -2.10. The van der Waals surface area contributed by atoms with Gasteiger partial charge in [-0.2, -0.15) is 0 Å². The molecule has 0 atom stereocenters. The Balaban J connectivity index is 2.16. The first-order valence-electron chi connectivity index (χ1n) is 7.34. The predicted octanol–water partition coefficient (Wildman–Crippen LogP) is 3.37. The molecule has 2 rings (SSSR count). The number of benzene rings is 1. The number of aromatic nitrogens is 1. The number of hydrogen-bond acceptors (Lipinski definition) is 7. The van der Waals surface area contributed by atoms with E-state index in [4.69, 9.17) is 14.2 Å². The maximum absolute atomic E-state index is 11.3. The first-order valence-corrected chi connectivity index (χ1v) is 7.34. The van der Waals surface area contributed by atoms with E-state index in [1.807, 2.05) is 0 Å². The third-order valence-electron chi connectivity index (χ3n) is 3.03. The Labute approximate surface area is 143 Å². The zero-order valence-electron chi connectivity index (χ0n) is 13.7. The van der Waals surface area contributed by atoms with Crippen molar-refractivity contribution in [3.05, 3.63) is 58.3 Å². The van der Waals surface area contributed by atoms with Crippen molar-refractivity contribution in [2.75, 3.05) is 13.7 Å². The van der Waals surface area contributed by atoms with E-state index < -0.39 is 10.9 Å². The highest BCUT2D eigenvalue weighted by Gasteiger charge is 2.10. The molecule has 8 nitrogen and oxygen atoms in total. The van der Waals surface area contributed by atoms with Gasteiger partial charge < -0.3 is 14.2 Å². The van der Waals surface area contributed by atoms with Crippen LogP contribution in [0.4, 0.5) is 5.69 Å². The van der Waals surface area contributed by atoms with Crippen molar-refractivity contribution >= 4 is 17.7 Å². The minimum Gasteiger partial charge on any atom is -0.493 e. The lowest BCUT2D eigenvalue weighted by atomic mass is 10.2. The number of methoxy groups -OCH3 is 1. The van der Waals surface area contributed by atoms with E-state index in [2.05, 4.69) is 4.98 Å². The highest BCUT2D eigenvalue weighted by molar-refractivity contribution is 5.87. The summed E-state index contributed by atoms with van der Waals surface area (Å²) in [6.07, 6.45) is 4.02. The summed E-state index contributed by atoms with van der Waals surface area (Å²) in [5, 5.41) is 10.6. The number of rotatable bonds is 7. The van der Waals surface area contributed by atoms with E-state index in [0.29, 0.717) is 23.7 Å². The van der Waals surface area contributed by atoms with Crippen molar-refractivity contribution in [3.63, 3.8) is 0 Å². The van der Waals surface area contributed by atoms with Crippen LogP contribution < -0.4 is 9.47 Å². The average molecular weight is 344 g/mol. The van der Waals surface area contributed by atoms with Crippen LogP contribution in [0.1, 0.15) is 12.5 Å². The van der Waals surface area contributed by atoms with E-state index in [1.54, 1.807) is 31.2 Å². The minimum absolute atomic E-state index is 0.126. The molecular formula is C17H16N2O6. The van der Waals surface area contributed by atoms with Gasteiger partial charge >= 0.3 is 5.97 Å². The summed E-state index contributed by atoms with van der Waals surface area (Å²) in [6, 6.07) is 7.74. The fraction of sp³-hybridized carbons (Fsp3) is 0.176. The number of ether oxygens (including phenoxy) is 3. The summed E-state index contributed by atoms with van der Waals surface area (Å²) >= 11 is 0. The number of hydrogen-bond donors (Lipinski definition) is 0. The molecule has 0 saturated carbocycles. The largest absolute Gasteiger partial charge is 0.493 e. The fourth-order valence-electron chi connectivity index (χ4n) is 1.88. The number of carbonyl (C=O) groups is 1. The van der Waals surface area contributed by atoms with Crippen LogP contribution in [0.5, 0.6) is 17.4 Å². The Kier molecular flexibility index (Phi) is 6.05. The van der Waals surface area contributed by atoms with Crippen molar-refractivity contribution in [2.45, 2.75) is 6.92 Å². The molecule has 0 aliphatic rings. The second kappa shape index (κ2) is 8.44. The quantitative estimate of drug-likeness (QED) is 0.328. The van der Waals surface area contributed by atoms with Crippen LogP contribution in [-0.4, -0.2) is 29.6 Å². The Bertz CT molecular complexity index is 786. The van der Waals surface area contributed by atoms with Gasteiger partial charge in [0.2, 0.25) is 5.88 Å². The van der Waals surface area contributed by atoms with Gasteiger partial charge in [0.15, 0.2) is 11.5 Å². The molecule has 0 saturated heterocycles. The van der Waals surface area contributed by atoms with E-state index in [-0.39, 0.29) is 11.6 Å². The summed E-state index contributed by atoms with van der Waals surface area (Å²) in [5.41, 5.74) is 0.590. The second-order valence-corrected chi connectivity index (χ2v) is 4.71. The highest BCUT2D eigenvalue weighted by Crippen LogP contribution is 2.32. The van der Waals surface area contributed by atoms with Gasteiger partial charge in [0.1, 0.15) is 6.20 Å². The summed E-state index contributed by atoms with van der Waals surface area (Å²) in [4.78, 5) is 25.3. The molecule has 0 unspecified atom stereocenters. The molecule has 0 spiro atoms. The topological polar surface area (TPSA) is 101 Å². The molecule has 1 aromatic heterocycles. The Morgan fingerprint density at radius 1 is 1.28 bits per heavy atom. The maximum atomic E-state index is 11.3. The molecule has 2 aromatic rings. The van der Waals surface area contributed by atoms with Gasteiger partial charge in [-0.05, 0) is 30.7 Å². The average Bonchev–Trinajstić information content (AvgIpc) is 2.61. The summed E-state index contributed by atoms with van der Waals surface area (Å²) in [7, 11) is 1.48. The fourth-order valence-corrected chi connectivity index (χ4v) is 1.88. The molecular weight excluding hydrogens is 328 g/mol. The lowest BCUT2D eigenvalue weighted by Crippen LogP contribution is -1.98. The third kappa shape index (κ3) is 5.03. The molecule has 130 valence electrons. The molecule has 1 aromatic carbocycles. The van der Waals surface area contributed by atoms with Crippen molar-refractivity contribution in [2.24, 2.45) is 0 Å². The maximum Gasteiger partial charge on any atom is 0.330 e. The van der Waals surface area contributed by atoms with Crippen molar-refractivity contribution in [1.82, 2.24) is 4.98 Å². The Morgan fingerprint density at radius 2 is 2.08 bits per heavy atom. The zero-order valence-corrected chi connectivity index (χ0v) is 13.7. The molecule has 0 fully saturated rings. The molecule has 25 heavy (non-hydrogen) atoms. The second-order valence-electron chi connectivity index (χ2n) is 4.71. The van der Waals surface area contributed by atoms with Crippen LogP contribution in [-0.2, 0) is 9.53 Å². The molecule has 0 radical (unpaired) electrons. The van der Waals surface area contributed by atoms with Crippen LogP contribution in [0.25, 0.3) is 6.08 Å². The number of pyridine rings is 1. The van der Waals surface area contributed by atoms with Crippen LogP contribution in [0, 0.1) is 10.1 Å². The molecule has 0 aliphatic carbocycles. The Hall–Kier alpha value is -3.42. The van der Waals surface area contributed by atoms with E-state index in [9.17, 15) is 14.9 Å². The third-order valence-corrected chi connectivity index (χ3v) is 3.03. The summed E-state index contributed by atoms with van der Waals surface area (Å²) < 4.78 is 15.7. The molecule has 1 heterocycles. The molecule has 0 amide bonds. The number of carbonyl (C=O) groups excluding carboxylic acids is 1. The number of nitro groups is 1. The van der Waals surface area contributed by atoms with E-state index in [0.717, 1.165) is 6.20 Å². The summed E-state index contributed by atoms with van der Waals surface area (Å²) in [6.45, 7) is 2.04. The van der Waals surface area contributed by atoms with Gasteiger partial charge in [-0.25, -0.2) is 9.78 Å². The van der Waals surface area contributed by atoms with Crippen LogP contribution in [0.2, 0.25) is 0 Å². The first kappa shape index (κ1) is 17.9. The smallest absolute Gasteiger partial charge is 0.330 e. The number of nitrogens with zero attached hydrogens (tertiary/aromatic N) is 2.